The number of rotatable bonds is 3. The van der Waals surface area contributed by atoms with Gasteiger partial charge < -0.3 is 9.64 Å². The average molecular weight is 307 g/mol. The minimum Gasteiger partial charge on any atom is -0.410 e. The number of nitrogens with zero attached hydrogens (tertiary/aromatic N) is 1. The summed E-state index contributed by atoms with van der Waals surface area (Å²) in [6.45, 7) is 5.45. The fourth-order valence-electron chi connectivity index (χ4n) is 2.78. The molecule has 3 rings (SSSR count). The molecule has 0 aliphatic carbocycles. The summed E-state index contributed by atoms with van der Waals surface area (Å²) in [6.07, 6.45) is 2.99. The summed E-state index contributed by atoms with van der Waals surface area (Å²) in [5.74, 6) is 0.403. The summed E-state index contributed by atoms with van der Waals surface area (Å²) < 4.78 is 5.41. The third-order valence-corrected chi connectivity index (χ3v) is 4.14. The van der Waals surface area contributed by atoms with Gasteiger partial charge in [-0.25, -0.2) is 4.79 Å². The number of hydrogen-bond acceptors (Lipinski definition) is 2. The van der Waals surface area contributed by atoms with Crippen LogP contribution < -0.4 is 0 Å². The van der Waals surface area contributed by atoms with Crippen molar-refractivity contribution in [3.63, 3.8) is 0 Å². The van der Waals surface area contributed by atoms with Gasteiger partial charge in [-0.05, 0) is 30.4 Å². The van der Waals surface area contributed by atoms with Crippen molar-refractivity contribution in [2.75, 3.05) is 13.1 Å². The Hall–Kier alpha value is -2.55. The summed E-state index contributed by atoms with van der Waals surface area (Å²) in [6, 6.07) is 18.1. The molecule has 1 amide bonds. The van der Waals surface area contributed by atoms with E-state index in [9.17, 15) is 4.79 Å². The molecule has 118 valence electrons. The Morgan fingerprint density at radius 1 is 0.870 bits per heavy atom. The van der Waals surface area contributed by atoms with Crippen LogP contribution in [-0.2, 0) is 4.74 Å². The zero-order chi connectivity index (χ0) is 16.1. The highest BCUT2D eigenvalue weighted by Crippen LogP contribution is 2.23. The van der Waals surface area contributed by atoms with Gasteiger partial charge in [0.15, 0.2) is 0 Å². The van der Waals surface area contributed by atoms with Crippen molar-refractivity contribution >= 4 is 11.9 Å². The first-order valence-corrected chi connectivity index (χ1v) is 8.05. The molecule has 0 N–H and O–H groups in total. The smallest absolute Gasteiger partial charge is 0.410 e. The lowest BCUT2D eigenvalue weighted by atomic mass is 10.0. The largest absolute Gasteiger partial charge is 0.415 e. The van der Waals surface area contributed by atoms with Gasteiger partial charge in [-0.15, -0.1) is 0 Å². The lowest BCUT2D eigenvalue weighted by Crippen LogP contribution is -2.35. The Morgan fingerprint density at radius 2 is 1.48 bits per heavy atom. The Morgan fingerprint density at radius 3 is 2.13 bits per heavy atom. The van der Waals surface area contributed by atoms with Crippen LogP contribution in [0.3, 0.4) is 0 Å². The number of amides is 1. The SMILES string of the molecule is C=C(OC(=O)N1CCCCC1)c1ccc(-c2ccccc2)cc1. The topological polar surface area (TPSA) is 29.5 Å². The molecule has 1 saturated heterocycles. The minimum absolute atomic E-state index is 0.290. The van der Waals surface area contributed by atoms with Gasteiger partial charge in [0, 0.05) is 18.7 Å². The predicted octanol–water partition coefficient (Wildman–Crippen LogP) is 4.95. The predicted molar refractivity (Wildman–Crippen MR) is 92.8 cm³/mol. The fraction of sp³-hybridized carbons (Fsp3) is 0.250. The molecule has 0 atom stereocenters. The number of benzene rings is 2. The van der Waals surface area contributed by atoms with E-state index >= 15 is 0 Å². The molecule has 0 aromatic heterocycles. The third-order valence-electron chi connectivity index (χ3n) is 4.14. The highest BCUT2D eigenvalue weighted by molar-refractivity contribution is 5.77. The molecule has 1 fully saturated rings. The third kappa shape index (κ3) is 3.81. The van der Waals surface area contributed by atoms with E-state index in [1.54, 1.807) is 4.90 Å². The Kier molecular flexibility index (Phi) is 4.77. The van der Waals surface area contributed by atoms with E-state index in [1.165, 1.54) is 6.42 Å². The highest BCUT2D eigenvalue weighted by atomic mass is 16.6. The summed E-state index contributed by atoms with van der Waals surface area (Å²) in [5, 5.41) is 0. The van der Waals surface area contributed by atoms with E-state index in [0.717, 1.165) is 42.6 Å². The van der Waals surface area contributed by atoms with Gasteiger partial charge in [-0.2, -0.15) is 0 Å². The maximum Gasteiger partial charge on any atom is 0.415 e. The van der Waals surface area contributed by atoms with E-state index in [2.05, 4.69) is 18.7 Å². The van der Waals surface area contributed by atoms with Crippen molar-refractivity contribution in [1.82, 2.24) is 4.90 Å². The van der Waals surface area contributed by atoms with Crippen molar-refractivity contribution < 1.29 is 9.53 Å². The average Bonchev–Trinajstić information content (AvgIpc) is 2.63. The Labute approximate surface area is 137 Å². The molecule has 0 saturated carbocycles. The molecule has 3 heteroatoms. The minimum atomic E-state index is -0.290. The second-order valence-corrected chi connectivity index (χ2v) is 5.78. The number of ether oxygens (including phenoxy) is 1. The van der Waals surface area contributed by atoms with Gasteiger partial charge in [0.2, 0.25) is 0 Å². The second kappa shape index (κ2) is 7.14. The number of carbonyl (C=O) groups is 1. The number of likely N-dealkylation sites (tertiary alicyclic amines) is 1. The lowest BCUT2D eigenvalue weighted by molar-refractivity contribution is 0.134. The van der Waals surface area contributed by atoms with Crippen LogP contribution >= 0.6 is 0 Å². The molecule has 1 heterocycles. The molecule has 23 heavy (non-hydrogen) atoms. The van der Waals surface area contributed by atoms with Gasteiger partial charge in [0.1, 0.15) is 5.76 Å². The lowest BCUT2D eigenvalue weighted by Gasteiger charge is -2.26. The molecule has 1 aliphatic rings. The number of carbonyl (C=O) groups excluding carboxylic acids is 1. The maximum absolute atomic E-state index is 12.1. The van der Waals surface area contributed by atoms with Crippen LogP contribution in [0.25, 0.3) is 16.9 Å². The zero-order valence-electron chi connectivity index (χ0n) is 13.2. The first-order valence-electron chi connectivity index (χ1n) is 8.05. The van der Waals surface area contributed by atoms with E-state index < -0.39 is 0 Å². The van der Waals surface area contributed by atoms with Gasteiger partial charge in [-0.1, -0.05) is 61.2 Å². The van der Waals surface area contributed by atoms with Gasteiger partial charge >= 0.3 is 6.09 Å². The molecular formula is C20H21NO2. The summed E-state index contributed by atoms with van der Waals surface area (Å²) >= 11 is 0. The van der Waals surface area contributed by atoms with E-state index in [1.807, 2.05) is 42.5 Å². The number of piperidine rings is 1. The number of hydrogen-bond donors (Lipinski definition) is 0. The molecule has 0 radical (unpaired) electrons. The second-order valence-electron chi connectivity index (χ2n) is 5.78. The van der Waals surface area contributed by atoms with Crippen LogP contribution in [0.1, 0.15) is 24.8 Å². The van der Waals surface area contributed by atoms with E-state index in [0.29, 0.717) is 5.76 Å². The standard InChI is InChI=1S/C20H21NO2/c1-16(23-20(22)21-14-6-3-7-15-21)17-10-12-19(13-11-17)18-8-4-2-5-9-18/h2,4-5,8-13H,1,3,6-7,14-15H2. The first-order chi connectivity index (χ1) is 11.2. The highest BCUT2D eigenvalue weighted by Gasteiger charge is 2.19. The molecule has 0 bridgehead atoms. The van der Waals surface area contributed by atoms with E-state index in [4.69, 9.17) is 4.74 Å². The van der Waals surface area contributed by atoms with Crippen molar-refractivity contribution in [3.8, 4) is 11.1 Å². The molecule has 3 nitrogen and oxygen atoms in total. The van der Waals surface area contributed by atoms with E-state index in [-0.39, 0.29) is 6.09 Å². The molecule has 1 aliphatic heterocycles. The van der Waals surface area contributed by atoms with Gasteiger partial charge in [0.05, 0.1) is 0 Å². The molecule has 2 aromatic rings. The quantitative estimate of drug-likeness (QED) is 0.751. The molecule has 0 unspecified atom stereocenters. The Bertz CT molecular complexity index is 671. The van der Waals surface area contributed by atoms with Crippen LogP contribution in [0.5, 0.6) is 0 Å². The summed E-state index contributed by atoms with van der Waals surface area (Å²) in [7, 11) is 0. The monoisotopic (exact) mass is 307 g/mol. The van der Waals surface area contributed by atoms with Gasteiger partial charge in [0.25, 0.3) is 0 Å². The summed E-state index contributed by atoms with van der Waals surface area (Å²) in [5.41, 5.74) is 3.12. The van der Waals surface area contributed by atoms with Crippen LogP contribution in [0.4, 0.5) is 4.79 Å². The normalized spacial score (nSPS) is 14.3. The van der Waals surface area contributed by atoms with Crippen molar-refractivity contribution in [3.05, 3.63) is 66.7 Å². The fourth-order valence-corrected chi connectivity index (χ4v) is 2.78. The van der Waals surface area contributed by atoms with Crippen molar-refractivity contribution in [2.24, 2.45) is 0 Å². The van der Waals surface area contributed by atoms with Crippen LogP contribution in [0.15, 0.2) is 61.2 Å². The van der Waals surface area contributed by atoms with Crippen LogP contribution in [0.2, 0.25) is 0 Å². The molecule has 0 spiro atoms. The van der Waals surface area contributed by atoms with Crippen LogP contribution in [-0.4, -0.2) is 24.1 Å². The Balaban J connectivity index is 1.64. The molecule has 2 aromatic carbocycles. The van der Waals surface area contributed by atoms with Crippen LogP contribution in [0, 0.1) is 0 Å². The zero-order valence-corrected chi connectivity index (χ0v) is 13.2. The maximum atomic E-state index is 12.1. The van der Waals surface area contributed by atoms with Crippen molar-refractivity contribution in [2.45, 2.75) is 19.3 Å². The molecular weight excluding hydrogens is 286 g/mol. The van der Waals surface area contributed by atoms with Crippen molar-refractivity contribution in [1.29, 1.82) is 0 Å². The van der Waals surface area contributed by atoms with Gasteiger partial charge in [-0.3, -0.25) is 0 Å². The first kappa shape index (κ1) is 15.3. The summed E-state index contributed by atoms with van der Waals surface area (Å²) in [4.78, 5) is 13.9.